The van der Waals surface area contributed by atoms with Crippen molar-refractivity contribution in [2.75, 3.05) is 27.4 Å². The quantitative estimate of drug-likeness (QED) is 0.368. The minimum Gasteiger partial charge on any atom is -0.507 e. The number of likely N-dealkylation sites (tertiary alicyclic amines) is 1. The number of phenols is 1. The first-order valence-corrected chi connectivity index (χ1v) is 10.2. The highest BCUT2D eigenvalue weighted by molar-refractivity contribution is 6.46. The monoisotopic (exact) mass is 441 g/mol. The molecule has 0 radical (unpaired) electrons. The largest absolute Gasteiger partial charge is 0.507 e. The van der Waals surface area contributed by atoms with Crippen LogP contribution in [0.3, 0.4) is 0 Å². The van der Waals surface area contributed by atoms with Crippen molar-refractivity contribution in [1.29, 1.82) is 0 Å². The maximum absolute atomic E-state index is 13.0. The van der Waals surface area contributed by atoms with Crippen molar-refractivity contribution in [2.45, 2.75) is 26.0 Å². The minimum absolute atomic E-state index is 0.0467. The summed E-state index contributed by atoms with van der Waals surface area (Å²) >= 11 is 0. The maximum Gasteiger partial charge on any atom is 0.295 e. The van der Waals surface area contributed by atoms with E-state index in [2.05, 4.69) is 0 Å². The normalized spacial score (nSPS) is 17.8. The molecule has 170 valence electrons. The van der Waals surface area contributed by atoms with E-state index in [1.807, 2.05) is 13.8 Å². The van der Waals surface area contributed by atoms with Gasteiger partial charge in [0.25, 0.3) is 11.7 Å². The maximum atomic E-state index is 13.0. The fourth-order valence-electron chi connectivity index (χ4n) is 3.63. The van der Waals surface area contributed by atoms with Gasteiger partial charge < -0.3 is 29.3 Å². The van der Waals surface area contributed by atoms with E-state index >= 15 is 0 Å². The molecule has 1 fully saturated rings. The van der Waals surface area contributed by atoms with Gasteiger partial charge in [-0.2, -0.15) is 0 Å². The van der Waals surface area contributed by atoms with E-state index in [0.717, 1.165) is 0 Å². The molecule has 8 heteroatoms. The summed E-state index contributed by atoms with van der Waals surface area (Å²) in [6.07, 6.45) is -0.0467. The first-order chi connectivity index (χ1) is 15.3. The van der Waals surface area contributed by atoms with Crippen molar-refractivity contribution in [3.8, 4) is 17.2 Å². The highest BCUT2D eigenvalue weighted by Gasteiger charge is 2.46. The van der Waals surface area contributed by atoms with Crippen LogP contribution in [0.15, 0.2) is 48.0 Å². The van der Waals surface area contributed by atoms with Gasteiger partial charge in [-0.25, -0.2) is 0 Å². The van der Waals surface area contributed by atoms with Gasteiger partial charge >= 0.3 is 0 Å². The lowest BCUT2D eigenvalue weighted by molar-refractivity contribution is -0.140. The number of carbonyl (C=O) groups is 2. The van der Waals surface area contributed by atoms with Crippen molar-refractivity contribution in [3.63, 3.8) is 0 Å². The summed E-state index contributed by atoms with van der Waals surface area (Å²) in [5, 5.41) is 21.3. The number of carbonyl (C=O) groups excluding carboxylic acids is 2. The zero-order chi connectivity index (χ0) is 23.4. The third-order valence-corrected chi connectivity index (χ3v) is 5.21. The van der Waals surface area contributed by atoms with Crippen LogP contribution in [0, 0.1) is 0 Å². The van der Waals surface area contributed by atoms with Crippen LogP contribution in [0.25, 0.3) is 5.76 Å². The number of ether oxygens (including phenoxy) is 3. The van der Waals surface area contributed by atoms with Crippen LogP contribution in [0.2, 0.25) is 0 Å². The standard InChI is InChI=1S/C24H27NO7/c1-14(2)32-12-11-25-21(16-7-10-19(31-4)18(26)13-16)20(23(28)24(25)29)22(27)15-5-8-17(30-3)9-6-15/h5-10,13-14,21,26-27H,11-12H2,1-4H3/b22-20-. The molecule has 2 aromatic carbocycles. The summed E-state index contributed by atoms with van der Waals surface area (Å²) in [6.45, 7) is 4.10. The number of nitrogens with zero attached hydrogens (tertiary/aromatic N) is 1. The molecular weight excluding hydrogens is 414 g/mol. The molecule has 0 saturated carbocycles. The lowest BCUT2D eigenvalue weighted by Crippen LogP contribution is -2.33. The number of ketones is 1. The zero-order valence-corrected chi connectivity index (χ0v) is 18.5. The molecule has 32 heavy (non-hydrogen) atoms. The van der Waals surface area contributed by atoms with Crippen molar-refractivity contribution in [3.05, 3.63) is 59.2 Å². The van der Waals surface area contributed by atoms with Crippen LogP contribution < -0.4 is 9.47 Å². The van der Waals surface area contributed by atoms with Crippen molar-refractivity contribution in [2.24, 2.45) is 0 Å². The zero-order valence-electron chi connectivity index (χ0n) is 18.5. The molecular formula is C24H27NO7. The van der Waals surface area contributed by atoms with Gasteiger partial charge in [-0.05, 0) is 55.8 Å². The van der Waals surface area contributed by atoms with E-state index in [9.17, 15) is 19.8 Å². The molecule has 0 spiro atoms. The third kappa shape index (κ3) is 4.55. The Hall–Kier alpha value is -3.52. The van der Waals surface area contributed by atoms with Crippen LogP contribution in [-0.4, -0.2) is 60.3 Å². The molecule has 1 aliphatic rings. The lowest BCUT2D eigenvalue weighted by Gasteiger charge is -2.26. The van der Waals surface area contributed by atoms with E-state index in [1.54, 1.807) is 36.4 Å². The van der Waals surface area contributed by atoms with Crippen LogP contribution in [-0.2, 0) is 14.3 Å². The van der Waals surface area contributed by atoms with Gasteiger partial charge in [0.1, 0.15) is 11.5 Å². The summed E-state index contributed by atoms with van der Waals surface area (Å²) in [5.74, 6) is -1.15. The van der Waals surface area contributed by atoms with E-state index in [4.69, 9.17) is 14.2 Å². The predicted octanol–water partition coefficient (Wildman–Crippen LogP) is 3.26. The van der Waals surface area contributed by atoms with Gasteiger partial charge in [0.2, 0.25) is 0 Å². The summed E-state index contributed by atoms with van der Waals surface area (Å²) < 4.78 is 15.8. The molecule has 3 rings (SSSR count). The second-order valence-electron chi connectivity index (χ2n) is 7.57. The van der Waals surface area contributed by atoms with Crippen LogP contribution in [0.5, 0.6) is 17.2 Å². The third-order valence-electron chi connectivity index (χ3n) is 5.21. The molecule has 1 aliphatic heterocycles. The van der Waals surface area contributed by atoms with Crippen LogP contribution in [0.4, 0.5) is 0 Å². The highest BCUT2D eigenvalue weighted by Crippen LogP contribution is 2.41. The van der Waals surface area contributed by atoms with Gasteiger partial charge in [-0.15, -0.1) is 0 Å². The summed E-state index contributed by atoms with van der Waals surface area (Å²) in [7, 11) is 2.95. The predicted molar refractivity (Wildman–Crippen MR) is 118 cm³/mol. The minimum atomic E-state index is -0.898. The Morgan fingerprint density at radius 3 is 2.31 bits per heavy atom. The Kier molecular flexibility index (Phi) is 7.05. The Labute approximate surface area is 186 Å². The number of benzene rings is 2. The molecule has 0 aromatic heterocycles. The van der Waals surface area contributed by atoms with Crippen molar-refractivity contribution >= 4 is 17.4 Å². The number of hydrogen-bond donors (Lipinski definition) is 2. The molecule has 1 amide bonds. The number of methoxy groups -OCH3 is 2. The fraction of sp³-hybridized carbons (Fsp3) is 0.333. The van der Waals surface area contributed by atoms with Gasteiger partial charge in [-0.3, -0.25) is 9.59 Å². The highest BCUT2D eigenvalue weighted by atomic mass is 16.5. The molecule has 1 unspecified atom stereocenters. The first-order valence-electron chi connectivity index (χ1n) is 10.2. The topological polar surface area (TPSA) is 106 Å². The van der Waals surface area contributed by atoms with Crippen molar-refractivity contribution in [1.82, 2.24) is 4.90 Å². The average Bonchev–Trinajstić information content (AvgIpc) is 3.03. The second-order valence-corrected chi connectivity index (χ2v) is 7.57. The smallest absolute Gasteiger partial charge is 0.295 e. The van der Waals surface area contributed by atoms with Gasteiger partial charge in [0, 0.05) is 12.1 Å². The Balaban J connectivity index is 2.10. The molecule has 2 N–H and O–H groups in total. The molecule has 0 bridgehead atoms. The Morgan fingerprint density at radius 1 is 1.06 bits per heavy atom. The number of rotatable bonds is 8. The van der Waals surface area contributed by atoms with E-state index < -0.39 is 17.7 Å². The SMILES string of the molecule is COc1ccc(/C(O)=C2/C(=O)C(=O)N(CCOC(C)C)C2c2ccc(OC)c(O)c2)cc1. The lowest BCUT2D eigenvalue weighted by atomic mass is 9.95. The van der Waals surface area contributed by atoms with Gasteiger partial charge in [-0.1, -0.05) is 6.07 Å². The van der Waals surface area contributed by atoms with Crippen LogP contribution >= 0.6 is 0 Å². The van der Waals surface area contributed by atoms with E-state index in [0.29, 0.717) is 16.9 Å². The van der Waals surface area contributed by atoms with Gasteiger partial charge in [0.05, 0.1) is 38.5 Å². The Bertz CT molecular complexity index is 1030. The van der Waals surface area contributed by atoms with Crippen LogP contribution in [0.1, 0.15) is 31.0 Å². The average molecular weight is 441 g/mol. The molecule has 1 atom stereocenters. The molecule has 8 nitrogen and oxygen atoms in total. The number of phenolic OH excluding ortho intramolecular Hbond substituents is 1. The molecule has 1 saturated heterocycles. The van der Waals surface area contributed by atoms with Gasteiger partial charge in [0.15, 0.2) is 11.5 Å². The Morgan fingerprint density at radius 2 is 1.75 bits per heavy atom. The summed E-state index contributed by atoms with van der Waals surface area (Å²) in [5.41, 5.74) is 0.765. The molecule has 2 aromatic rings. The number of aromatic hydroxyl groups is 1. The van der Waals surface area contributed by atoms with Crippen molar-refractivity contribution < 1.29 is 34.0 Å². The number of hydrogen-bond acceptors (Lipinski definition) is 7. The fourth-order valence-corrected chi connectivity index (χ4v) is 3.63. The number of aliphatic hydroxyl groups excluding tert-OH is 1. The second kappa shape index (κ2) is 9.74. The van der Waals surface area contributed by atoms with E-state index in [1.165, 1.54) is 25.2 Å². The number of amides is 1. The first kappa shape index (κ1) is 23.1. The summed E-state index contributed by atoms with van der Waals surface area (Å²) in [6, 6.07) is 10.2. The van der Waals surface area contributed by atoms with E-state index in [-0.39, 0.29) is 42.1 Å². The molecule has 1 heterocycles. The number of Topliss-reactive ketones (excluding diaryl/α,β-unsaturated/α-hetero) is 1. The molecule has 0 aliphatic carbocycles. The number of aliphatic hydroxyl groups is 1. The summed E-state index contributed by atoms with van der Waals surface area (Å²) in [4.78, 5) is 27.2.